The highest BCUT2D eigenvalue weighted by atomic mass is 16.5. The van der Waals surface area contributed by atoms with Crippen LogP contribution < -0.4 is 0 Å². The van der Waals surface area contributed by atoms with Crippen LogP contribution in [0.3, 0.4) is 0 Å². The van der Waals surface area contributed by atoms with Crippen LogP contribution in [0.5, 0.6) is 11.5 Å². The summed E-state index contributed by atoms with van der Waals surface area (Å²) in [5.74, 6) is 0.245. The molecule has 4 nitrogen and oxygen atoms in total. The van der Waals surface area contributed by atoms with Gasteiger partial charge in [-0.05, 0) is 77.5 Å². The Bertz CT molecular complexity index is 667. The Morgan fingerprint density at radius 2 is 1.60 bits per heavy atom. The number of allylic oxidation sites excluding steroid dienone is 3. The molecule has 0 atom stereocenters. The molecular formula is C21H30O4. The Kier molecular flexibility index (Phi) is 7.75. The van der Waals surface area contributed by atoms with E-state index in [1.54, 1.807) is 20.8 Å². The second-order valence-corrected chi connectivity index (χ2v) is 6.45. The first-order valence-corrected chi connectivity index (χ1v) is 8.70. The number of esters is 1. The topological polar surface area (TPSA) is 66.8 Å². The zero-order valence-corrected chi connectivity index (χ0v) is 16.2. The van der Waals surface area contributed by atoms with Gasteiger partial charge in [-0.3, -0.25) is 0 Å². The van der Waals surface area contributed by atoms with Gasteiger partial charge in [0, 0.05) is 11.1 Å². The maximum absolute atomic E-state index is 11.5. The lowest BCUT2D eigenvalue weighted by molar-refractivity contribution is -0.138. The summed E-state index contributed by atoms with van der Waals surface area (Å²) in [5, 5.41) is 20.5. The molecule has 0 saturated heterocycles. The molecule has 0 aliphatic carbocycles. The molecule has 0 heterocycles. The summed E-state index contributed by atoms with van der Waals surface area (Å²) in [6.45, 7) is 11.4. The zero-order valence-electron chi connectivity index (χ0n) is 16.2. The first kappa shape index (κ1) is 20.8. The second kappa shape index (κ2) is 9.30. The van der Waals surface area contributed by atoms with Crippen LogP contribution in [0.15, 0.2) is 23.3 Å². The number of phenolic OH excluding ortho intramolecular Hbond substituents is 2. The van der Waals surface area contributed by atoms with E-state index in [1.807, 2.05) is 26.8 Å². The van der Waals surface area contributed by atoms with Gasteiger partial charge in [-0.25, -0.2) is 4.79 Å². The predicted octanol–water partition coefficient (Wildman–Crippen LogP) is 4.80. The van der Waals surface area contributed by atoms with Crippen molar-refractivity contribution >= 4 is 5.97 Å². The zero-order chi connectivity index (χ0) is 19.1. The van der Waals surface area contributed by atoms with Crippen LogP contribution in [0.25, 0.3) is 0 Å². The summed E-state index contributed by atoms with van der Waals surface area (Å²) in [5.41, 5.74) is 4.73. The highest BCUT2D eigenvalue weighted by molar-refractivity contribution is 5.87. The number of hydrogen-bond donors (Lipinski definition) is 2. The number of rotatable bonds is 7. The molecule has 0 amide bonds. The first-order chi connectivity index (χ1) is 11.7. The molecule has 0 aliphatic heterocycles. The van der Waals surface area contributed by atoms with Gasteiger partial charge in [0.05, 0.1) is 6.61 Å². The van der Waals surface area contributed by atoms with Gasteiger partial charge >= 0.3 is 5.97 Å². The molecule has 0 bridgehead atoms. The summed E-state index contributed by atoms with van der Waals surface area (Å²) in [7, 11) is 0. The third-order valence-corrected chi connectivity index (χ3v) is 4.61. The molecule has 0 saturated carbocycles. The number of carbonyl (C=O) groups is 1. The highest BCUT2D eigenvalue weighted by Crippen LogP contribution is 2.36. The van der Waals surface area contributed by atoms with E-state index in [1.165, 1.54) is 5.57 Å². The molecule has 1 aromatic carbocycles. The van der Waals surface area contributed by atoms with Crippen molar-refractivity contribution < 1.29 is 19.7 Å². The van der Waals surface area contributed by atoms with Gasteiger partial charge in [-0.2, -0.15) is 0 Å². The Hall–Kier alpha value is -2.23. The minimum absolute atomic E-state index is 0.254. The fourth-order valence-corrected chi connectivity index (χ4v) is 2.66. The molecule has 138 valence electrons. The summed E-state index contributed by atoms with van der Waals surface area (Å²) in [4.78, 5) is 11.5. The van der Waals surface area contributed by atoms with Crippen LogP contribution in [0.4, 0.5) is 0 Å². The predicted molar refractivity (Wildman–Crippen MR) is 101 cm³/mol. The van der Waals surface area contributed by atoms with Gasteiger partial charge in [-0.1, -0.05) is 17.7 Å². The molecule has 0 fully saturated rings. The number of hydrogen-bond acceptors (Lipinski definition) is 4. The Labute approximate surface area is 150 Å². The van der Waals surface area contributed by atoms with Gasteiger partial charge in [0.1, 0.15) is 11.5 Å². The van der Waals surface area contributed by atoms with E-state index >= 15 is 0 Å². The number of ether oxygens (including phenoxy) is 1. The SMILES string of the molecule is CCOC(=O)/C(C)=C/CC/C(C)=C/Cc1c(C)c(O)c(C)c(C)c1O. The van der Waals surface area contributed by atoms with E-state index in [4.69, 9.17) is 4.74 Å². The summed E-state index contributed by atoms with van der Waals surface area (Å²) in [6, 6.07) is 0. The van der Waals surface area contributed by atoms with Crippen molar-refractivity contribution in [2.75, 3.05) is 6.61 Å². The smallest absolute Gasteiger partial charge is 0.333 e. The molecule has 0 unspecified atom stereocenters. The summed E-state index contributed by atoms with van der Waals surface area (Å²) in [6.07, 6.45) is 6.10. The van der Waals surface area contributed by atoms with Crippen LogP contribution in [0.2, 0.25) is 0 Å². The van der Waals surface area contributed by atoms with Gasteiger partial charge in [0.25, 0.3) is 0 Å². The quantitative estimate of drug-likeness (QED) is 0.322. The van der Waals surface area contributed by atoms with Crippen LogP contribution >= 0.6 is 0 Å². The minimum Gasteiger partial charge on any atom is -0.507 e. The number of carbonyl (C=O) groups excluding carboxylic acids is 1. The average molecular weight is 346 g/mol. The maximum atomic E-state index is 11.5. The number of phenols is 2. The van der Waals surface area contributed by atoms with Crippen molar-refractivity contribution in [3.63, 3.8) is 0 Å². The molecule has 0 aromatic heterocycles. The second-order valence-electron chi connectivity index (χ2n) is 6.45. The van der Waals surface area contributed by atoms with Crippen molar-refractivity contribution in [2.45, 2.75) is 60.8 Å². The lowest BCUT2D eigenvalue weighted by Crippen LogP contribution is -2.04. The van der Waals surface area contributed by atoms with Gasteiger partial charge in [0.15, 0.2) is 0 Å². The molecule has 0 aliphatic rings. The molecular weight excluding hydrogens is 316 g/mol. The molecule has 2 N–H and O–H groups in total. The minimum atomic E-state index is -0.268. The lowest BCUT2D eigenvalue weighted by Gasteiger charge is -2.15. The summed E-state index contributed by atoms with van der Waals surface area (Å²) >= 11 is 0. The van der Waals surface area contributed by atoms with E-state index in [0.29, 0.717) is 18.6 Å². The molecule has 1 aromatic rings. The molecule has 1 rings (SSSR count). The van der Waals surface area contributed by atoms with Crippen molar-refractivity contribution in [3.05, 3.63) is 45.6 Å². The van der Waals surface area contributed by atoms with E-state index in [-0.39, 0.29) is 17.5 Å². The first-order valence-electron chi connectivity index (χ1n) is 8.70. The Balaban J connectivity index is 2.77. The lowest BCUT2D eigenvalue weighted by atomic mass is 9.94. The Morgan fingerprint density at radius 1 is 1.00 bits per heavy atom. The number of aromatic hydroxyl groups is 2. The largest absolute Gasteiger partial charge is 0.507 e. The van der Waals surface area contributed by atoms with Crippen molar-refractivity contribution in [1.29, 1.82) is 0 Å². The van der Waals surface area contributed by atoms with Crippen LogP contribution in [-0.2, 0) is 16.0 Å². The van der Waals surface area contributed by atoms with Crippen molar-refractivity contribution in [1.82, 2.24) is 0 Å². The van der Waals surface area contributed by atoms with E-state index in [9.17, 15) is 15.0 Å². The van der Waals surface area contributed by atoms with E-state index in [0.717, 1.165) is 35.1 Å². The van der Waals surface area contributed by atoms with Crippen molar-refractivity contribution in [3.8, 4) is 11.5 Å². The third kappa shape index (κ3) is 5.38. The molecule has 0 spiro atoms. The fourth-order valence-electron chi connectivity index (χ4n) is 2.66. The third-order valence-electron chi connectivity index (χ3n) is 4.61. The van der Waals surface area contributed by atoms with Gasteiger partial charge in [-0.15, -0.1) is 0 Å². The van der Waals surface area contributed by atoms with E-state index < -0.39 is 0 Å². The van der Waals surface area contributed by atoms with Crippen LogP contribution in [0.1, 0.15) is 55.9 Å². The molecule has 0 radical (unpaired) electrons. The average Bonchev–Trinajstić information content (AvgIpc) is 2.58. The van der Waals surface area contributed by atoms with Gasteiger partial charge < -0.3 is 14.9 Å². The Morgan fingerprint density at radius 3 is 2.20 bits per heavy atom. The normalized spacial score (nSPS) is 12.4. The monoisotopic (exact) mass is 346 g/mol. The fraction of sp³-hybridized carbons (Fsp3) is 0.476. The summed E-state index contributed by atoms with van der Waals surface area (Å²) < 4.78 is 4.95. The van der Waals surface area contributed by atoms with Crippen LogP contribution in [0, 0.1) is 20.8 Å². The van der Waals surface area contributed by atoms with E-state index in [2.05, 4.69) is 6.08 Å². The maximum Gasteiger partial charge on any atom is 0.333 e. The standard InChI is InChI=1S/C21H30O4/c1-7-25-21(24)14(3)10-8-9-13(2)11-12-18-17(6)19(22)15(4)16(5)20(18)23/h10-11,22-23H,7-9,12H2,1-6H3/b13-11+,14-10+. The van der Waals surface area contributed by atoms with Gasteiger partial charge in [0.2, 0.25) is 0 Å². The molecule has 25 heavy (non-hydrogen) atoms. The highest BCUT2D eigenvalue weighted by Gasteiger charge is 2.15. The molecule has 4 heteroatoms. The van der Waals surface area contributed by atoms with Crippen LogP contribution in [-0.4, -0.2) is 22.8 Å². The number of benzene rings is 1. The van der Waals surface area contributed by atoms with Crippen molar-refractivity contribution in [2.24, 2.45) is 0 Å².